The standard InChI is InChI=1S/C14H17F2N3O2/c15-10-7-11(16)12(17)6-9(10)14(21)19-3-1-8(2-4-19)5-13(18)20/h6-8H,1-5,17H2,(H2,18,20). The van der Waals surface area contributed by atoms with Gasteiger partial charge in [-0.1, -0.05) is 0 Å². The number of piperidine rings is 1. The van der Waals surface area contributed by atoms with Crippen molar-refractivity contribution in [2.75, 3.05) is 18.8 Å². The second-order valence-electron chi connectivity index (χ2n) is 5.26. The van der Waals surface area contributed by atoms with Crippen LogP contribution >= 0.6 is 0 Å². The molecule has 4 N–H and O–H groups in total. The maximum atomic E-state index is 13.7. The van der Waals surface area contributed by atoms with Crippen molar-refractivity contribution >= 4 is 17.5 Å². The summed E-state index contributed by atoms with van der Waals surface area (Å²) >= 11 is 0. The normalized spacial score (nSPS) is 16.0. The second kappa shape index (κ2) is 6.07. The predicted octanol–water partition coefficient (Wildman–Crippen LogP) is 1.27. The third kappa shape index (κ3) is 3.48. The third-order valence-corrected chi connectivity index (χ3v) is 3.71. The number of nitrogens with two attached hydrogens (primary N) is 2. The lowest BCUT2D eigenvalue weighted by Crippen LogP contribution is -2.39. The smallest absolute Gasteiger partial charge is 0.256 e. The van der Waals surface area contributed by atoms with E-state index in [1.807, 2.05) is 0 Å². The van der Waals surface area contributed by atoms with E-state index >= 15 is 0 Å². The Bertz CT molecular complexity index is 570. The molecule has 1 fully saturated rings. The highest BCUT2D eigenvalue weighted by Crippen LogP contribution is 2.23. The van der Waals surface area contributed by atoms with E-state index < -0.39 is 17.5 Å². The number of hydrogen-bond donors (Lipinski definition) is 2. The van der Waals surface area contributed by atoms with E-state index in [0.29, 0.717) is 38.4 Å². The van der Waals surface area contributed by atoms with Crippen LogP contribution in [0.2, 0.25) is 0 Å². The van der Waals surface area contributed by atoms with E-state index in [2.05, 4.69) is 0 Å². The van der Waals surface area contributed by atoms with Crippen LogP contribution in [-0.2, 0) is 4.79 Å². The Balaban J connectivity index is 2.05. The molecule has 0 spiro atoms. The SMILES string of the molecule is NC(=O)CC1CCN(C(=O)c2cc(N)c(F)cc2F)CC1. The number of carbonyl (C=O) groups is 2. The fraction of sp³-hybridized carbons (Fsp3) is 0.429. The number of amides is 2. The van der Waals surface area contributed by atoms with Crippen LogP contribution in [0.25, 0.3) is 0 Å². The first-order chi connectivity index (χ1) is 9.88. The number of nitrogens with zero attached hydrogens (tertiary/aromatic N) is 1. The first kappa shape index (κ1) is 15.2. The van der Waals surface area contributed by atoms with Crippen molar-refractivity contribution in [2.24, 2.45) is 11.7 Å². The number of benzene rings is 1. The van der Waals surface area contributed by atoms with E-state index in [9.17, 15) is 18.4 Å². The van der Waals surface area contributed by atoms with Crippen LogP contribution in [0.5, 0.6) is 0 Å². The molecule has 0 atom stereocenters. The molecule has 5 nitrogen and oxygen atoms in total. The highest BCUT2D eigenvalue weighted by molar-refractivity contribution is 5.95. The summed E-state index contributed by atoms with van der Waals surface area (Å²) in [6.07, 6.45) is 1.56. The molecule has 21 heavy (non-hydrogen) atoms. The van der Waals surface area contributed by atoms with Crippen LogP contribution in [0.15, 0.2) is 12.1 Å². The molecule has 1 aliphatic heterocycles. The maximum absolute atomic E-state index is 13.7. The Morgan fingerprint density at radius 1 is 1.19 bits per heavy atom. The molecule has 1 heterocycles. The van der Waals surface area contributed by atoms with Gasteiger partial charge in [0.1, 0.15) is 11.6 Å². The first-order valence-corrected chi connectivity index (χ1v) is 6.70. The van der Waals surface area contributed by atoms with Crippen molar-refractivity contribution < 1.29 is 18.4 Å². The molecule has 0 saturated carbocycles. The van der Waals surface area contributed by atoms with Gasteiger partial charge in [0.15, 0.2) is 0 Å². The summed E-state index contributed by atoms with van der Waals surface area (Å²) in [6.45, 7) is 0.820. The zero-order valence-corrected chi connectivity index (χ0v) is 11.4. The highest BCUT2D eigenvalue weighted by atomic mass is 19.1. The Kier molecular flexibility index (Phi) is 4.40. The van der Waals surface area contributed by atoms with Crippen molar-refractivity contribution in [3.05, 3.63) is 29.3 Å². The van der Waals surface area contributed by atoms with Crippen LogP contribution in [0, 0.1) is 17.6 Å². The third-order valence-electron chi connectivity index (χ3n) is 3.71. The summed E-state index contributed by atoms with van der Waals surface area (Å²) in [4.78, 5) is 24.6. The summed E-state index contributed by atoms with van der Waals surface area (Å²) < 4.78 is 26.8. The van der Waals surface area contributed by atoms with Crippen molar-refractivity contribution in [3.63, 3.8) is 0 Å². The van der Waals surface area contributed by atoms with Crippen LogP contribution < -0.4 is 11.5 Å². The van der Waals surface area contributed by atoms with Crippen molar-refractivity contribution in [3.8, 4) is 0 Å². The zero-order valence-electron chi connectivity index (χ0n) is 11.4. The summed E-state index contributed by atoms with van der Waals surface area (Å²) in [7, 11) is 0. The molecular weight excluding hydrogens is 280 g/mol. The average molecular weight is 297 g/mol. The summed E-state index contributed by atoms with van der Waals surface area (Å²) in [6, 6.07) is 1.63. The minimum atomic E-state index is -0.925. The van der Waals surface area contributed by atoms with E-state index in [-0.39, 0.29) is 23.1 Å². The van der Waals surface area contributed by atoms with Gasteiger partial charge in [-0.2, -0.15) is 0 Å². The molecule has 1 aliphatic rings. The predicted molar refractivity (Wildman–Crippen MR) is 73.2 cm³/mol. The van der Waals surface area contributed by atoms with Crippen LogP contribution in [0.4, 0.5) is 14.5 Å². The van der Waals surface area contributed by atoms with Gasteiger partial charge in [-0.3, -0.25) is 9.59 Å². The summed E-state index contributed by atoms with van der Waals surface area (Å²) in [5.74, 6) is -2.54. The Labute approximate surface area is 120 Å². The molecule has 0 aliphatic carbocycles. The van der Waals surface area contributed by atoms with Gasteiger partial charge in [-0.25, -0.2) is 8.78 Å². The first-order valence-electron chi connectivity index (χ1n) is 6.70. The maximum Gasteiger partial charge on any atom is 0.256 e. The molecule has 0 aromatic heterocycles. The number of primary amides is 1. The quantitative estimate of drug-likeness (QED) is 0.823. The van der Waals surface area contributed by atoms with Gasteiger partial charge in [0.05, 0.1) is 11.3 Å². The average Bonchev–Trinajstić information content (AvgIpc) is 2.42. The van der Waals surface area contributed by atoms with Gasteiger partial charge < -0.3 is 16.4 Å². The van der Waals surface area contributed by atoms with Gasteiger partial charge in [-0.15, -0.1) is 0 Å². The fourth-order valence-corrected chi connectivity index (χ4v) is 2.52. The number of hydrogen-bond acceptors (Lipinski definition) is 3. The summed E-state index contributed by atoms with van der Waals surface area (Å²) in [5, 5.41) is 0. The Morgan fingerprint density at radius 2 is 1.81 bits per heavy atom. The number of anilines is 1. The van der Waals surface area contributed by atoms with Gasteiger partial charge in [-0.05, 0) is 24.8 Å². The molecule has 0 unspecified atom stereocenters. The molecule has 1 aromatic carbocycles. The number of rotatable bonds is 3. The van der Waals surface area contributed by atoms with E-state index in [4.69, 9.17) is 11.5 Å². The topological polar surface area (TPSA) is 89.4 Å². The van der Waals surface area contributed by atoms with Gasteiger partial charge in [0, 0.05) is 25.6 Å². The minimum Gasteiger partial charge on any atom is -0.396 e. The van der Waals surface area contributed by atoms with Gasteiger partial charge >= 0.3 is 0 Å². The van der Waals surface area contributed by atoms with Crippen molar-refractivity contribution in [2.45, 2.75) is 19.3 Å². The largest absolute Gasteiger partial charge is 0.396 e. The van der Waals surface area contributed by atoms with Gasteiger partial charge in [0.25, 0.3) is 5.91 Å². The van der Waals surface area contributed by atoms with Crippen LogP contribution in [0.1, 0.15) is 29.6 Å². The molecule has 114 valence electrons. The molecule has 7 heteroatoms. The highest BCUT2D eigenvalue weighted by Gasteiger charge is 2.26. The van der Waals surface area contributed by atoms with E-state index in [1.165, 1.54) is 4.90 Å². The van der Waals surface area contributed by atoms with Crippen molar-refractivity contribution in [1.82, 2.24) is 4.90 Å². The fourth-order valence-electron chi connectivity index (χ4n) is 2.52. The summed E-state index contributed by atoms with van der Waals surface area (Å²) in [5.41, 5.74) is 10.0. The van der Waals surface area contributed by atoms with Crippen LogP contribution in [0.3, 0.4) is 0 Å². The number of halogens is 2. The molecule has 0 radical (unpaired) electrons. The Hall–Kier alpha value is -2.18. The Morgan fingerprint density at radius 3 is 2.38 bits per heavy atom. The van der Waals surface area contributed by atoms with E-state index in [1.54, 1.807) is 0 Å². The number of nitrogen functional groups attached to an aromatic ring is 1. The molecule has 1 saturated heterocycles. The lowest BCUT2D eigenvalue weighted by molar-refractivity contribution is -0.119. The minimum absolute atomic E-state index is 0.148. The molecule has 1 aromatic rings. The lowest BCUT2D eigenvalue weighted by Gasteiger charge is -2.31. The number of carbonyl (C=O) groups excluding carboxylic acids is 2. The monoisotopic (exact) mass is 297 g/mol. The van der Waals surface area contributed by atoms with E-state index in [0.717, 1.165) is 6.07 Å². The van der Waals surface area contributed by atoms with Crippen LogP contribution in [-0.4, -0.2) is 29.8 Å². The zero-order chi connectivity index (χ0) is 15.6. The van der Waals surface area contributed by atoms with Gasteiger partial charge in [0.2, 0.25) is 5.91 Å². The van der Waals surface area contributed by atoms with Crippen molar-refractivity contribution in [1.29, 1.82) is 0 Å². The lowest BCUT2D eigenvalue weighted by atomic mass is 9.93. The molecule has 0 bridgehead atoms. The molecular formula is C14H17F2N3O2. The second-order valence-corrected chi connectivity index (χ2v) is 5.26. The molecule has 2 amide bonds. The number of likely N-dealkylation sites (tertiary alicyclic amines) is 1. The molecule has 2 rings (SSSR count).